The molecule has 1 rings (SSSR count). The smallest absolute Gasteiger partial charge is 0.306 e. The molecule has 0 spiro atoms. The second-order valence-electron chi connectivity index (χ2n) is 4.71. The van der Waals surface area contributed by atoms with Crippen LogP contribution in [-0.4, -0.2) is 40.8 Å². The standard InChI is InChI=1S/C13H15BrClNO5/c1-13(20,5-12(18)19)7-16-11(17)6-21-10-3-2-8(14)4-9(10)15/h2-4,20H,5-7H2,1H3,(H,16,17)(H,18,19). The van der Waals surface area contributed by atoms with Crippen molar-refractivity contribution in [2.75, 3.05) is 13.2 Å². The molecule has 6 nitrogen and oxygen atoms in total. The minimum atomic E-state index is -1.52. The molecule has 0 heterocycles. The number of aliphatic carboxylic acids is 1. The quantitative estimate of drug-likeness (QED) is 0.670. The average Bonchev–Trinajstić information content (AvgIpc) is 2.34. The monoisotopic (exact) mass is 379 g/mol. The molecular weight excluding hydrogens is 366 g/mol. The van der Waals surface area contributed by atoms with E-state index in [1.165, 1.54) is 6.92 Å². The maximum absolute atomic E-state index is 11.6. The molecule has 0 radical (unpaired) electrons. The topological polar surface area (TPSA) is 95.9 Å². The van der Waals surface area contributed by atoms with Gasteiger partial charge in [-0.2, -0.15) is 0 Å². The van der Waals surface area contributed by atoms with E-state index < -0.39 is 23.9 Å². The molecule has 1 aromatic rings. The number of carboxylic acid groups (broad SMARTS) is 1. The fraction of sp³-hybridized carbons (Fsp3) is 0.385. The van der Waals surface area contributed by atoms with Crippen LogP contribution < -0.4 is 10.1 Å². The van der Waals surface area contributed by atoms with Crippen LogP contribution in [0.5, 0.6) is 5.75 Å². The molecule has 8 heteroatoms. The van der Waals surface area contributed by atoms with Gasteiger partial charge in [-0.15, -0.1) is 0 Å². The highest BCUT2D eigenvalue weighted by Crippen LogP contribution is 2.27. The third-order valence-corrected chi connectivity index (χ3v) is 3.24. The van der Waals surface area contributed by atoms with Crippen LogP contribution in [0.4, 0.5) is 0 Å². The van der Waals surface area contributed by atoms with Gasteiger partial charge in [-0.1, -0.05) is 27.5 Å². The number of rotatable bonds is 7. The van der Waals surface area contributed by atoms with Crippen molar-refractivity contribution in [3.63, 3.8) is 0 Å². The maximum atomic E-state index is 11.6. The zero-order valence-corrected chi connectivity index (χ0v) is 13.6. The molecule has 116 valence electrons. The summed E-state index contributed by atoms with van der Waals surface area (Å²) in [6.07, 6.45) is -0.466. The Hall–Kier alpha value is -1.31. The Morgan fingerprint density at radius 2 is 2.14 bits per heavy atom. The lowest BCUT2D eigenvalue weighted by Gasteiger charge is -2.21. The lowest BCUT2D eigenvalue weighted by atomic mass is 10.0. The SMILES string of the molecule is CC(O)(CNC(=O)COc1ccc(Br)cc1Cl)CC(=O)O. The molecule has 0 aromatic heterocycles. The number of aliphatic hydroxyl groups is 1. The van der Waals surface area contributed by atoms with E-state index in [0.717, 1.165) is 4.47 Å². The van der Waals surface area contributed by atoms with Crippen LogP contribution in [0, 0.1) is 0 Å². The molecule has 1 unspecified atom stereocenters. The first kappa shape index (κ1) is 17.7. The summed E-state index contributed by atoms with van der Waals surface area (Å²) in [6, 6.07) is 4.96. The van der Waals surface area contributed by atoms with E-state index in [9.17, 15) is 14.7 Å². The number of ether oxygens (including phenoxy) is 1. The van der Waals surface area contributed by atoms with Gasteiger partial charge in [0.1, 0.15) is 5.75 Å². The molecule has 0 fully saturated rings. The van der Waals surface area contributed by atoms with E-state index in [0.29, 0.717) is 10.8 Å². The molecule has 1 aromatic carbocycles. The average molecular weight is 381 g/mol. The van der Waals surface area contributed by atoms with E-state index in [4.69, 9.17) is 21.4 Å². The predicted molar refractivity (Wildman–Crippen MR) is 80.5 cm³/mol. The maximum Gasteiger partial charge on any atom is 0.306 e. The van der Waals surface area contributed by atoms with E-state index in [-0.39, 0.29) is 13.2 Å². The number of carbonyl (C=O) groups excluding carboxylic acids is 1. The van der Waals surface area contributed by atoms with Crippen LogP contribution in [-0.2, 0) is 9.59 Å². The summed E-state index contributed by atoms with van der Waals surface area (Å²) in [4.78, 5) is 22.1. The number of benzene rings is 1. The van der Waals surface area contributed by atoms with Crippen molar-refractivity contribution in [2.24, 2.45) is 0 Å². The van der Waals surface area contributed by atoms with Gasteiger partial charge in [-0.05, 0) is 25.1 Å². The number of hydrogen-bond donors (Lipinski definition) is 3. The fourth-order valence-electron chi connectivity index (χ4n) is 1.46. The lowest BCUT2D eigenvalue weighted by Crippen LogP contribution is -2.43. The highest BCUT2D eigenvalue weighted by atomic mass is 79.9. The third kappa shape index (κ3) is 6.79. The molecule has 21 heavy (non-hydrogen) atoms. The Morgan fingerprint density at radius 1 is 1.48 bits per heavy atom. The normalized spacial score (nSPS) is 13.3. The highest BCUT2D eigenvalue weighted by molar-refractivity contribution is 9.10. The minimum Gasteiger partial charge on any atom is -0.482 e. The number of amides is 1. The van der Waals surface area contributed by atoms with Gasteiger partial charge in [0.2, 0.25) is 0 Å². The Bertz CT molecular complexity index is 535. The summed E-state index contributed by atoms with van der Waals surface area (Å²) in [7, 11) is 0. The van der Waals surface area contributed by atoms with Crippen molar-refractivity contribution in [3.8, 4) is 5.75 Å². The van der Waals surface area contributed by atoms with Crippen LogP contribution in [0.1, 0.15) is 13.3 Å². The van der Waals surface area contributed by atoms with Crippen molar-refractivity contribution >= 4 is 39.4 Å². The first-order chi connectivity index (χ1) is 9.69. The Morgan fingerprint density at radius 3 is 2.71 bits per heavy atom. The zero-order chi connectivity index (χ0) is 16.0. The predicted octanol–water partition coefficient (Wildman–Crippen LogP) is 1.82. The molecule has 0 saturated heterocycles. The largest absolute Gasteiger partial charge is 0.482 e. The summed E-state index contributed by atoms with van der Waals surface area (Å²) in [5, 5.41) is 21.1. The molecule has 0 bridgehead atoms. The van der Waals surface area contributed by atoms with Gasteiger partial charge in [0, 0.05) is 11.0 Å². The van der Waals surface area contributed by atoms with E-state index >= 15 is 0 Å². The molecule has 0 saturated carbocycles. The number of nitrogens with one attached hydrogen (secondary N) is 1. The van der Waals surface area contributed by atoms with Gasteiger partial charge >= 0.3 is 5.97 Å². The second-order valence-corrected chi connectivity index (χ2v) is 6.03. The van der Waals surface area contributed by atoms with E-state index in [2.05, 4.69) is 21.2 Å². The number of carbonyl (C=O) groups is 2. The summed E-state index contributed by atoms with van der Waals surface area (Å²) >= 11 is 9.18. The molecule has 0 aliphatic carbocycles. The zero-order valence-electron chi connectivity index (χ0n) is 11.2. The van der Waals surface area contributed by atoms with Crippen molar-refractivity contribution < 1.29 is 24.5 Å². The fourth-order valence-corrected chi connectivity index (χ4v) is 2.19. The van der Waals surface area contributed by atoms with Gasteiger partial charge in [0.25, 0.3) is 5.91 Å². The summed E-state index contributed by atoms with van der Waals surface area (Å²) in [5.41, 5.74) is -1.52. The van der Waals surface area contributed by atoms with Crippen LogP contribution >= 0.6 is 27.5 Å². The highest BCUT2D eigenvalue weighted by Gasteiger charge is 2.24. The Balaban J connectivity index is 2.42. The number of hydrogen-bond acceptors (Lipinski definition) is 4. The molecule has 1 atom stereocenters. The molecular formula is C13H15BrClNO5. The molecule has 0 aliphatic heterocycles. The van der Waals surface area contributed by atoms with Gasteiger partial charge in [0.05, 0.1) is 17.0 Å². The van der Waals surface area contributed by atoms with Crippen LogP contribution in [0.2, 0.25) is 5.02 Å². The van der Waals surface area contributed by atoms with Crippen molar-refractivity contribution in [1.82, 2.24) is 5.32 Å². The molecule has 3 N–H and O–H groups in total. The van der Waals surface area contributed by atoms with Crippen molar-refractivity contribution in [1.29, 1.82) is 0 Å². The minimum absolute atomic E-state index is 0.185. The third-order valence-electron chi connectivity index (χ3n) is 2.45. The molecule has 0 aliphatic rings. The van der Waals surface area contributed by atoms with Gasteiger partial charge in [-0.3, -0.25) is 9.59 Å². The van der Waals surface area contributed by atoms with Gasteiger partial charge < -0.3 is 20.3 Å². The van der Waals surface area contributed by atoms with Gasteiger partial charge in [0.15, 0.2) is 6.61 Å². The van der Waals surface area contributed by atoms with E-state index in [1.54, 1.807) is 18.2 Å². The first-order valence-corrected chi connectivity index (χ1v) is 7.15. The van der Waals surface area contributed by atoms with Crippen molar-refractivity contribution in [2.45, 2.75) is 18.9 Å². The van der Waals surface area contributed by atoms with Crippen LogP contribution in [0.3, 0.4) is 0 Å². The van der Waals surface area contributed by atoms with Crippen LogP contribution in [0.25, 0.3) is 0 Å². The molecule has 1 amide bonds. The Labute approximate surface area is 135 Å². The second kappa shape index (κ2) is 7.63. The Kier molecular flexibility index (Phi) is 6.44. The first-order valence-electron chi connectivity index (χ1n) is 5.98. The number of halogens is 2. The van der Waals surface area contributed by atoms with Crippen molar-refractivity contribution in [3.05, 3.63) is 27.7 Å². The number of carboxylic acids is 1. The van der Waals surface area contributed by atoms with E-state index in [1.807, 2.05) is 0 Å². The van der Waals surface area contributed by atoms with Gasteiger partial charge in [-0.25, -0.2) is 0 Å². The summed E-state index contributed by atoms with van der Waals surface area (Å²) in [5.74, 6) is -1.28. The lowest BCUT2D eigenvalue weighted by molar-refractivity contribution is -0.142. The summed E-state index contributed by atoms with van der Waals surface area (Å²) in [6.45, 7) is 0.855. The van der Waals surface area contributed by atoms with Crippen LogP contribution in [0.15, 0.2) is 22.7 Å². The summed E-state index contributed by atoms with van der Waals surface area (Å²) < 4.78 is 6.02.